The van der Waals surface area contributed by atoms with Gasteiger partial charge in [0.05, 0.1) is 12.4 Å². The third-order valence-corrected chi connectivity index (χ3v) is 5.01. The summed E-state index contributed by atoms with van der Waals surface area (Å²) >= 11 is 0. The average molecular weight is 387 g/mol. The molecule has 9 heteroatoms. The summed E-state index contributed by atoms with van der Waals surface area (Å²) in [5, 5.41) is 21.5. The number of anilines is 1. The predicted octanol–water partition coefficient (Wildman–Crippen LogP) is 1.10. The Balaban J connectivity index is 1.66. The Kier molecular flexibility index (Phi) is 5.15. The normalized spacial score (nSPS) is 28.8. The Hall–Kier alpha value is -2.33. The molecule has 4 N–H and O–H groups in total. The van der Waals surface area contributed by atoms with E-state index < -0.39 is 30.6 Å². The van der Waals surface area contributed by atoms with E-state index in [2.05, 4.69) is 27.1 Å². The van der Waals surface area contributed by atoms with Crippen molar-refractivity contribution in [2.45, 2.75) is 63.4 Å². The van der Waals surface area contributed by atoms with Crippen molar-refractivity contribution in [3.63, 3.8) is 0 Å². The molecule has 2 aromatic heterocycles. The zero-order valence-corrected chi connectivity index (χ0v) is 15.8. The molecular weight excluding hydrogens is 362 g/mol. The van der Waals surface area contributed by atoms with Crippen LogP contribution in [0.1, 0.15) is 32.9 Å². The monoisotopic (exact) mass is 387 g/mol. The third kappa shape index (κ3) is 3.30. The SMILES string of the molecule is CC(C)O[C@H](C1=CCCC=C1)[C@H]1O[C@@H](n2cnc3c(N)ncnc32)[C@H](O)[C@@H]1O. The standard InChI is InChI=1S/C19H25N5O4/c1-10(2)27-15(11-6-4-3-5-7-11)16-13(25)14(26)19(28-16)24-9-23-12-17(20)21-8-22-18(12)24/h4,6-10,13-16,19,25-26H,3,5H2,1-2H3,(H2,20,21,22)/t13-,14+,15+,16-,19+/m0/s1. The van der Waals surface area contributed by atoms with Crippen LogP contribution in [0, 0.1) is 0 Å². The van der Waals surface area contributed by atoms with Crippen molar-refractivity contribution in [3.8, 4) is 0 Å². The fourth-order valence-corrected chi connectivity index (χ4v) is 3.71. The Labute approximate surface area is 162 Å². The highest BCUT2D eigenvalue weighted by Crippen LogP contribution is 2.36. The third-order valence-electron chi connectivity index (χ3n) is 5.01. The van der Waals surface area contributed by atoms with Gasteiger partial charge in [-0.15, -0.1) is 0 Å². The lowest BCUT2D eigenvalue weighted by Gasteiger charge is -2.29. The van der Waals surface area contributed by atoms with Crippen LogP contribution in [0.2, 0.25) is 0 Å². The van der Waals surface area contributed by atoms with Gasteiger partial charge in [0.15, 0.2) is 17.7 Å². The van der Waals surface area contributed by atoms with E-state index in [1.54, 1.807) is 4.57 Å². The highest BCUT2D eigenvalue weighted by molar-refractivity contribution is 5.81. The van der Waals surface area contributed by atoms with Crippen molar-refractivity contribution >= 4 is 17.0 Å². The van der Waals surface area contributed by atoms with Crippen molar-refractivity contribution in [1.82, 2.24) is 19.5 Å². The number of aliphatic hydroxyl groups excluding tert-OH is 2. The van der Waals surface area contributed by atoms with E-state index in [1.165, 1.54) is 12.7 Å². The van der Waals surface area contributed by atoms with Gasteiger partial charge in [0, 0.05) is 0 Å². The molecule has 9 nitrogen and oxygen atoms in total. The second-order valence-electron chi connectivity index (χ2n) is 7.34. The molecule has 2 aromatic rings. The zero-order chi connectivity index (χ0) is 19.8. The molecule has 0 radical (unpaired) electrons. The summed E-state index contributed by atoms with van der Waals surface area (Å²) in [5.41, 5.74) is 7.64. The molecule has 3 heterocycles. The van der Waals surface area contributed by atoms with Crippen LogP contribution in [-0.4, -0.2) is 60.3 Å². The smallest absolute Gasteiger partial charge is 0.167 e. The lowest BCUT2D eigenvalue weighted by Crippen LogP contribution is -2.42. The van der Waals surface area contributed by atoms with Crippen LogP contribution in [-0.2, 0) is 9.47 Å². The van der Waals surface area contributed by atoms with Crippen molar-refractivity contribution in [2.75, 3.05) is 5.73 Å². The van der Waals surface area contributed by atoms with Crippen LogP contribution in [0.4, 0.5) is 5.82 Å². The lowest BCUT2D eigenvalue weighted by atomic mass is 9.95. The molecule has 0 aromatic carbocycles. The molecule has 0 saturated carbocycles. The van der Waals surface area contributed by atoms with Gasteiger partial charge in [-0.1, -0.05) is 18.2 Å². The van der Waals surface area contributed by atoms with Gasteiger partial charge in [-0.3, -0.25) is 4.57 Å². The molecule has 1 saturated heterocycles. The van der Waals surface area contributed by atoms with Gasteiger partial charge in [0.25, 0.3) is 0 Å². The number of hydrogen-bond donors (Lipinski definition) is 3. The van der Waals surface area contributed by atoms with Crippen molar-refractivity contribution < 1.29 is 19.7 Å². The molecule has 1 aliphatic heterocycles. The summed E-state index contributed by atoms with van der Waals surface area (Å²) in [4.78, 5) is 12.3. The number of fused-ring (bicyclic) bond motifs is 1. The molecule has 1 fully saturated rings. The first-order valence-electron chi connectivity index (χ1n) is 9.44. The van der Waals surface area contributed by atoms with E-state index in [9.17, 15) is 10.2 Å². The summed E-state index contributed by atoms with van der Waals surface area (Å²) in [7, 11) is 0. The van der Waals surface area contributed by atoms with E-state index >= 15 is 0 Å². The molecule has 2 aliphatic rings. The fraction of sp³-hybridized carbons (Fsp3) is 0.526. The van der Waals surface area contributed by atoms with Crippen LogP contribution < -0.4 is 5.73 Å². The first kappa shape index (κ1) is 19.0. The van der Waals surface area contributed by atoms with E-state index in [0.717, 1.165) is 18.4 Å². The second-order valence-corrected chi connectivity index (χ2v) is 7.34. The van der Waals surface area contributed by atoms with Crippen LogP contribution >= 0.6 is 0 Å². The van der Waals surface area contributed by atoms with E-state index in [-0.39, 0.29) is 11.9 Å². The number of hydrogen-bond acceptors (Lipinski definition) is 8. The highest BCUT2D eigenvalue weighted by Gasteiger charge is 2.49. The molecule has 0 amide bonds. The van der Waals surface area contributed by atoms with Gasteiger partial charge in [-0.25, -0.2) is 15.0 Å². The van der Waals surface area contributed by atoms with Crippen molar-refractivity contribution in [3.05, 3.63) is 36.5 Å². The van der Waals surface area contributed by atoms with Crippen LogP contribution in [0.15, 0.2) is 36.5 Å². The first-order valence-corrected chi connectivity index (χ1v) is 9.44. The van der Waals surface area contributed by atoms with Gasteiger partial charge in [0.2, 0.25) is 0 Å². The predicted molar refractivity (Wildman–Crippen MR) is 102 cm³/mol. The van der Waals surface area contributed by atoms with Gasteiger partial charge in [0.1, 0.15) is 36.3 Å². The Morgan fingerprint density at radius 3 is 2.75 bits per heavy atom. The topological polar surface area (TPSA) is 129 Å². The van der Waals surface area contributed by atoms with Crippen LogP contribution in [0.25, 0.3) is 11.2 Å². The summed E-state index contributed by atoms with van der Waals surface area (Å²) in [6, 6.07) is 0. The van der Waals surface area contributed by atoms with Crippen molar-refractivity contribution in [2.24, 2.45) is 0 Å². The lowest BCUT2D eigenvalue weighted by molar-refractivity contribution is -0.106. The zero-order valence-electron chi connectivity index (χ0n) is 15.8. The quantitative estimate of drug-likeness (QED) is 0.696. The molecule has 0 bridgehead atoms. The molecular formula is C19H25N5O4. The first-order chi connectivity index (χ1) is 13.5. The number of imidazole rings is 1. The van der Waals surface area contributed by atoms with E-state index in [4.69, 9.17) is 15.2 Å². The second kappa shape index (κ2) is 7.59. The van der Waals surface area contributed by atoms with E-state index in [1.807, 2.05) is 19.9 Å². The Bertz CT molecular complexity index is 909. The molecule has 5 atom stereocenters. The summed E-state index contributed by atoms with van der Waals surface area (Å²) in [6.07, 6.45) is 6.34. The number of nitrogens with zero attached hydrogens (tertiary/aromatic N) is 4. The minimum atomic E-state index is -1.18. The Morgan fingerprint density at radius 2 is 2.04 bits per heavy atom. The fourth-order valence-electron chi connectivity index (χ4n) is 3.71. The number of allylic oxidation sites excluding steroid dienone is 2. The number of ether oxygens (including phenoxy) is 2. The maximum absolute atomic E-state index is 10.8. The maximum Gasteiger partial charge on any atom is 0.167 e. The highest BCUT2D eigenvalue weighted by atomic mass is 16.6. The molecule has 1 aliphatic carbocycles. The van der Waals surface area contributed by atoms with E-state index in [0.29, 0.717) is 11.2 Å². The summed E-state index contributed by atoms with van der Waals surface area (Å²) in [6.45, 7) is 3.86. The van der Waals surface area contributed by atoms with Gasteiger partial charge in [-0.05, 0) is 32.3 Å². The molecule has 150 valence electrons. The molecule has 0 spiro atoms. The molecule has 28 heavy (non-hydrogen) atoms. The minimum absolute atomic E-state index is 0.0742. The number of rotatable bonds is 5. The molecule has 0 unspecified atom stereocenters. The molecule has 4 rings (SSSR count). The Morgan fingerprint density at radius 1 is 1.21 bits per heavy atom. The van der Waals surface area contributed by atoms with Crippen LogP contribution in [0.5, 0.6) is 0 Å². The number of nitrogens with two attached hydrogens (primary N) is 1. The number of aliphatic hydroxyl groups is 2. The van der Waals surface area contributed by atoms with Gasteiger partial charge in [-0.2, -0.15) is 0 Å². The summed E-state index contributed by atoms with van der Waals surface area (Å²) < 4.78 is 13.8. The largest absolute Gasteiger partial charge is 0.387 e. The average Bonchev–Trinajstić information content (AvgIpc) is 3.23. The van der Waals surface area contributed by atoms with Gasteiger partial charge < -0.3 is 25.4 Å². The minimum Gasteiger partial charge on any atom is -0.387 e. The maximum atomic E-state index is 10.8. The number of nitrogen functional groups attached to an aromatic ring is 1. The number of aromatic nitrogens is 4. The van der Waals surface area contributed by atoms with Crippen molar-refractivity contribution in [1.29, 1.82) is 0 Å². The summed E-state index contributed by atoms with van der Waals surface area (Å²) in [5.74, 6) is 0.242. The van der Waals surface area contributed by atoms with Crippen LogP contribution in [0.3, 0.4) is 0 Å². The van der Waals surface area contributed by atoms with Gasteiger partial charge >= 0.3 is 0 Å².